The lowest BCUT2D eigenvalue weighted by atomic mass is 9.84. The van der Waals surface area contributed by atoms with E-state index in [-0.39, 0.29) is 0 Å². The summed E-state index contributed by atoms with van der Waals surface area (Å²) in [6.45, 7) is 7.31. The standard InChI is InChI=1S/C18H25NS/c1-11-12(2)17-16(10-20-18(17)13(11)3)14-6-8-15(9-7-14)19(4)5/h6-13,17-18H,1-5H3. The molecule has 1 nitrogen and oxygen atoms in total. The minimum absolute atomic E-state index is 0.746. The molecule has 1 fully saturated rings. The zero-order valence-corrected chi connectivity index (χ0v) is 13.9. The number of benzene rings is 1. The molecule has 3 rings (SSSR count). The first kappa shape index (κ1) is 14.1. The van der Waals surface area contributed by atoms with Crippen LogP contribution in [0.4, 0.5) is 5.69 Å². The molecule has 1 saturated carbocycles. The Bertz CT molecular complexity index is 517. The van der Waals surface area contributed by atoms with Crippen LogP contribution in [0.15, 0.2) is 29.7 Å². The Morgan fingerprint density at radius 2 is 1.55 bits per heavy atom. The number of allylic oxidation sites excluding steroid dienone is 1. The lowest BCUT2D eigenvalue weighted by Crippen LogP contribution is -2.15. The average Bonchev–Trinajstić information content (AvgIpc) is 2.96. The molecule has 0 aromatic heterocycles. The maximum absolute atomic E-state index is 2.44. The highest BCUT2D eigenvalue weighted by atomic mass is 32.2. The molecule has 1 aromatic carbocycles. The Morgan fingerprint density at radius 1 is 0.900 bits per heavy atom. The molecule has 0 radical (unpaired) electrons. The van der Waals surface area contributed by atoms with E-state index in [1.807, 2.05) is 0 Å². The lowest BCUT2D eigenvalue weighted by molar-refractivity contribution is 0.366. The van der Waals surface area contributed by atoms with Crippen LogP contribution in [0.2, 0.25) is 0 Å². The van der Waals surface area contributed by atoms with Crippen LogP contribution in [0.3, 0.4) is 0 Å². The van der Waals surface area contributed by atoms with Crippen molar-refractivity contribution in [3.05, 3.63) is 35.2 Å². The van der Waals surface area contributed by atoms with Crippen LogP contribution in [0.1, 0.15) is 26.3 Å². The number of fused-ring (bicyclic) bond motifs is 1. The molecule has 0 amide bonds. The van der Waals surface area contributed by atoms with Gasteiger partial charge < -0.3 is 4.90 Å². The van der Waals surface area contributed by atoms with Crippen molar-refractivity contribution >= 4 is 23.0 Å². The fraction of sp³-hybridized carbons (Fsp3) is 0.556. The summed E-state index contributed by atoms with van der Waals surface area (Å²) in [6.07, 6.45) is 0. The SMILES string of the molecule is CC1C(C)C2SC=C(c3ccc(N(C)C)cc3)C2C1C. The number of hydrogen-bond acceptors (Lipinski definition) is 2. The van der Waals surface area contributed by atoms with Crippen LogP contribution >= 0.6 is 11.8 Å². The second-order valence-corrected chi connectivity index (χ2v) is 7.77. The number of thioether (sulfide) groups is 1. The predicted molar refractivity (Wildman–Crippen MR) is 91.1 cm³/mol. The lowest BCUT2D eigenvalue weighted by Gasteiger charge is -2.21. The Kier molecular flexibility index (Phi) is 3.62. The van der Waals surface area contributed by atoms with Gasteiger partial charge in [0.05, 0.1) is 0 Å². The van der Waals surface area contributed by atoms with Crippen molar-refractivity contribution in [2.45, 2.75) is 26.0 Å². The smallest absolute Gasteiger partial charge is 0.0361 e. The van der Waals surface area contributed by atoms with E-state index in [4.69, 9.17) is 0 Å². The third-order valence-electron chi connectivity index (χ3n) is 5.53. The van der Waals surface area contributed by atoms with Gasteiger partial charge in [0.15, 0.2) is 0 Å². The third-order valence-corrected chi connectivity index (χ3v) is 6.95. The molecule has 1 aliphatic heterocycles. The van der Waals surface area contributed by atoms with E-state index in [1.54, 1.807) is 5.57 Å². The molecule has 0 spiro atoms. The molecule has 0 saturated heterocycles. The summed E-state index contributed by atoms with van der Waals surface area (Å²) < 4.78 is 0. The fourth-order valence-corrected chi connectivity index (χ4v) is 5.50. The number of anilines is 1. The average molecular weight is 287 g/mol. The second kappa shape index (κ2) is 5.14. The third kappa shape index (κ3) is 2.09. The molecular weight excluding hydrogens is 262 g/mol. The van der Waals surface area contributed by atoms with Gasteiger partial charge in [-0.2, -0.15) is 0 Å². The number of rotatable bonds is 2. The van der Waals surface area contributed by atoms with Gasteiger partial charge in [-0.05, 0) is 46.4 Å². The summed E-state index contributed by atoms with van der Waals surface area (Å²) in [5.74, 6) is 3.21. The molecule has 2 heteroatoms. The molecule has 0 N–H and O–H groups in total. The maximum Gasteiger partial charge on any atom is 0.0361 e. The van der Waals surface area contributed by atoms with E-state index < -0.39 is 0 Å². The van der Waals surface area contributed by atoms with Gasteiger partial charge >= 0.3 is 0 Å². The van der Waals surface area contributed by atoms with Gasteiger partial charge in [0.25, 0.3) is 0 Å². The normalized spacial score (nSPS) is 35.9. The molecule has 1 aliphatic carbocycles. The molecule has 5 unspecified atom stereocenters. The highest BCUT2D eigenvalue weighted by Crippen LogP contribution is 2.57. The van der Waals surface area contributed by atoms with Gasteiger partial charge in [-0.1, -0.05) is 32.9 Å². The van der Waals surface area contributed by atoms with Crippen LogP contribution in [-0.4, -0.2) is 19.3 Å². The molecular formula is C18H25NS. The molecule has 5 atom stereocenters. The zero-order chi connectivity index (χ0) is 14.4. The van der Waals surface area contributed by atoms with Gasteiger partial charge in [0.2, 0.25) is 0 Å². The van der Waals surface area contributed by atoms with E-state index in [9.17, 15) is 0 Å². The monoisotopic (exact) mass is 287 g/mol. The fourth-order valence-electron chi connectivity index (χ4n) is 3.84. The molecule has 1 heterocycles. The summed E-state index contributed by atoms with van der Waals surface area (Å²) in [4.78, 5) is 2.16. The van der Waals surface area contributed by atoms with Gasteiger partial charge in [0.1, 0.15) is 0 Å². The minimum atomic E-state index is 0.746. The summed E-state index contributed by atoms with van der Waals surface area (Å²) in [5.41, 5.74) is 4.27. The Morgan fingerprint density at radius 3 is 2.15 bits per heavy atom. The highest BCUT2D eigenvalue weighted by molar-refractivity contribution is 8.03. The van der Waals surface area contributed by atoms with Crippen molar-refractivity contribution < 1.29 is 0 Å². The van der Waals surface area contributed by atoms with Gasteiger partial charge in [-0.3, -0.25) is 0 Å². The molecule has 1 aromatic rings. The number of nitrogens with zero attached hydrogens (tertiary/aromatic N) is 1. The van der Waals surface area contributed by atoms with E-state index in [0.717, 1.165) is 28.9 Å². The van der Waals surface area contributed by atoms with E-state index in [0.29, 0.717) is 0 Å². The topological polar surface area (TPSA) is 3.24 Å². The first-order valence-corrected chi connectivity index (χ1v) is 8.58. The van der Waals surface area contributed by atoms with Crippen molar-refractivity contribution in [3.8, 4) is 0 Å². The zero-order valence-electron chi connectivity index (χ0n) is 13.1. The highest BCUT2D eigenvalue weighted by Gasteiger charge is 2.48. The van der Waals surface area contributed by atoms with Crippen molar-refractivity contribution in [3.63, 3.8) is 0 Å². The minimum Gasteiger partial charge on any atom is -0.378 e. The Hall–Kier alpha value is -0.890. The van der Waals surface area contributed by atoms with Crippen LogP contribution in [0.5, 0.6) is 0 Å². The summed E-state index contributed by atoms with van der Waals surface area (Å²) in [5, 5.41) is 3.22. The summed E-state index contributed by atoms with van der Waals surface area (Å²) >= 11 is 2.07. The first-order chi connectivity index (χ1) is 9.50. The van der Waals surface area contributed by atoms with Crippen molar-refractivity contribution in [2.75, 3.05) is 19.0 Å². The van der Waals surface area contributed by atoms with Crippen LogP contribution < -0.4 is 4.90 Å². The predicted octanol–water partition coefficient (Wildman–Crippen LogP) is 4.75. The van der Waals surface area contributed by atoms with Crippen molar-refractivity contribution in [1.29, 1.82) is 0 Å². The largest absolute Gasteiger partial charge is 0.378 e. The summed E-state index contributed by atoms with van der Waals surface area (Å²) in [7, 11) is 4.19. The molecule has 2 aliphatic rings. The molecule has 0 bridgehead atoms. The van der Waals surface area contributed by atoms with Crippen molar-refractivity contribution in [1.82, 2.24) is 0 Å². The Balaban J connectivity index is 1.88. The quantitative estimate of drug-likeness (QED) is 0.772. The second-order valence-electron chi connectivity index (χ2n) is 6.72. The van der Waals surface area contributed by atoms with Crippen molar-refractivity contribution in [2.24, 2.45) is 23.7 Å². The van der Waals surface area contributed by atoms with Gasteiger partial charge in [0, 0.05) is 31.0 Å². The van der Waals surface area contributed by atoms with Crippen LogP contribution in [0.25, 0.3) is 5.57 Å². The van der Waals surface area contributed by atoms with E-state index in [2.05, 4.69) is 81.2 Å². The Labute approximate surface area is 127 Å². The van der Waals surface area contributed by atoms with Gasteiger partial charge in [-0.25, -0.2) is 0 Å². The van der Waals surface area contributed by atoms with Crippen LogP contribution in [-0.2, 0) is 0 Å². The van der Waals surface area contributed by atoms with E-state index in [1.165, 1.54) is 11.3 Å². The number of hydrogen-bond donors (Lipinski definition) is 0. The maximum atomic E-state index is 2.44. The molecule has 20 heavy (non-hydrogen) atoms. The van der Waals surface area contributed by atoms with Crippen LogP contribution in [0, 0.1) is 23.7 Å². The molecule has 108 valence electrons. The summed E-state index contributed by atoms with van der Waals surface area (Å²) in [6, 6.07) is 9.07. The van der Waals surface area contributed by atoms with Gasteiger partial charge in [-0.15, -0.1) is 11.8 Å². The van der Waals surface area contributed by atoms with E-state index >= 15 is 0 Å². The first-order valence-electron chi connectivity index (χ1n) is 7.64.